The molecule has 3 aromatic carbocycles. The summed E-state index contributed by atoms with van der Waals surface area (Å²) in [5, 5.41) is 33.6. The number of hydrogen-bond donors (Lipinski definition) is 0. The number of non-ortho nitro benzene ring substituents is 3. The van der Waals surface area contributed by atoms with Crippen molar-refractivity contribution in [2.45, 2.75) is 20.8 Å². The molecule has 1 aromatic heterocycles. The van der Waals surface area contributed by atoms with Crippen LogP contribution in [0, 0.1) is 51.1 Å². The normalized spacial score (nSPS) is 10.8. The van der Waals surface area contributed by atoms with Gasteiger partial charge in [0.25, 0.3) is 17.1 Å². The highest BCUT2D eigenvalue weighted by Gasteiger charge is 2.24. The molecular weight excluding hydrogens is 516 g/mol. The van der Waals surface area contributed by atoms with E-state index in [-0.39, 0.29) is 50.8 Å². The molecule has 0 unspecified atom stereocenters. The molecule has 0 N–H and O–H groups in total. The van der Waals surface area contributed by atoms with Crippen molar-refractivity contribution in [3.8, 4) is 17.1 Å². The largest absolute Gasteiger partial charge is 0.345 e. The maximum atomic E-state index is 13.7. The van der Waals surface area contributed by atoms with Crippen molar-refractivity contribution in [3.05, 3.63) is 133 Å². The smallest absolute Gasteiger partial charge is 0.258 e. The minimum atomic E-state index is -1.13. The average molecular weight is 534 g/mol. The molecule has 1 heterocycles. The third kappa shape index (κ3) is 4.48. The van der Waals surface area contributed by atoms with Gasteiger partial charge in [0.05, 0.1) is 31.8 Å². The Morgan fingerprint density at radius 3 is 0.897 bits per heavy atom. The molecule has 0 saturated carbocycles. The lowest BCUT2D eigenvalue weighted by atomic mass is 10.1. The Kier molecular flexibility index (Phi) is 6.50. The first-order chi connectivity index (χ1) is 18.3. The van der Waals surface area contributed by atoms with Crippen molar-refractivity contribution in [2.75, 3.05) is 0 Å². The Morgan fingerprint density at radius 1 is 0.487 bits per heavy atom. The van der Waals surface area contributed by atoms with E-state index < -0.39 is 31.8 Å². The Bertz CT molecular complexity index is 1650. The van der Waals surface area contributed by atoms with Gasteiger partial charge in [-0.05, 0) is 55.7 Å². The summed E-state index contributed by atoms with van der Waals surface area (Å²) in [4.78, 5) is 72.8. The second kappa shape index (κ2) is 9.62. The van der Waals surface area contributed by atoms with Crippen LogP contribution in [0.1, 0.15) is 16.7 Å². The number of nitrogens with zero attached hydrogens (tertiary/aromatic N) is 6. The molecule has 4 rings (SSSR count). The third-order valence-electron chi connectivity index (χ3n) is 6.04. The van der Waals surface area contributed by atoms with Crippen molar-refractivity contribution in [1.82, 2.24) is 13.7 Å². The van der Waals surface area contributed by atoms with E-state index in [1.54, 1.807) is 0 Å². The summed E-state index contributed by atoms with van der Waals surface area (Å²) in [7, 11) is 0. The zero-order valence-corrected chi connectivity index (χ0v) is 20.6. The lowest BCUT2D eigenvalue weighted by molar-refractivity contribution is -0.385. The van der Waals surface area contributed by atoms with Crippen LogP contribution in [0.2, 0.25) is 0 Å². The Balaban J connectivity index is 2.17. The van der Waals surface area contributed by atoms with Crippen LogP contribution in [0.15, 0.2) is 69.0 Å². The van der Waals surface area contributed by atoms with E-state index in [9.17, 15) is 44.7 Å². The van der Waals surface area contributed by atoms with Crippen LogP contribution >= 0.6 is 0 Å². The highest BCUT2D eigenvalue weighted by molar-refractivity contribution is 5.52. The van der Waals surface area contributed by atoms with Gasteiger partial charge in [-0.25, -0.2) is 28.1 Å². The van der Waals surface area contributed by atoms with Crippen molar-refractivity contribution >= 4 is 17.1 Å². The Morgan fingerprint density at radius 2 is 0.718 bits per heavy atom. The van der Waals surface area contributed by atoms with Gasteiger partial charge in [-0.3, -0.25) is 30.3 Å². The highest BCUT2D eigenvalue weighted by Crippen LogP contribution is 2.22. The first kappa shape index (κ1) is 26.3. The lowest BCUT2D eigenvalue weighted by Gasteiger charge is -2.17. The van der Waals surface area contributed by atoms with Crippen molar-refractivity contribution in [3.63, 3.8) is 0 Å². The van der Waals surface area contributed by atoms with Gasteiger partial charge < -0.3 is 0 Å². The van der Waals surface area contributed by atoms with Gasteiger partial charge in [0.1, 0.15) is 0 Å². The molecule has 0 saturated heterocycles. The molecule has 0 spiro atoms. The predicted octanol–water partition coefficient (Wildman–Crippen LogP) is 2.79. The zero-order chi connectivity index (χ0) is 28.8. The predicted molar refractivity (Wildman–Crippen MR) is 137 cm³/mol. The van der Waals surface area contributed by atoms with Crippen molar-refractivity contribution in [1.29, 1.82) is 0 Å². The summed E-state index contributed by atoms with van der Waals surface area (Å²) in [6.45, 7) is 4.30. The maximum Gasteiger partial charge on any atom is 0.345 e. The first-order valence-corrected chi connectivity index (χ1v) is 11.1. The van der Waals surface area contributed by atoms with Gasteiger partial charge in [-0.15, -0.1) is 0 Å². The summed E-state index contributed by atoms with van der Waals surface area (Å²) in [6, 6.07) is 10.2. The minimum Gasteiger partial charge on any atom is -0.258 e. The Labute approximate surface area is 216 Å². The fourth-order valence-corrected chi connectivity index (χ4v) is 4.18. The monoisotopic (exact) mass is 534 g/mol. The van der Waals surface area contributed by atoms with Crippen LogP contribution in [0.25, 0.3) is 17.1 Å². The van der Waals surface area contributed by atoms with E-state index in [1.165, 1.54) is 39.0 Å². The SMILES string of the molecule is Cc1cc([N+](=O)[O-])ccc1-n1c(=O)n(-c2ccc([N+](=O)[O-])cc2C)c(=O)n(-c2ccc([N+](=O)[O-])cc2C)c1=O. The van der Waals surface area contributed by atoms with Crippen LogP contribution < -0.4 is 17.1 Å². The molecule has 15 heteroatoms. The number of aryl methyl sites for hydroxylation is 3. The molecule has 0 aliphatic carbocycles. The molecular formula is C24H18N6O9. The second-order valence-corrected chi connectivity index (χ2v) is 8.54. The average Bonchev–Trinajstić information content (AvgIpc) is 2.86. The van der Waals surface area contributed by atoms with E-state index in [1.807, 2.05) is 0 Å². The standard InChI is InChI=1S/C24H18N6O9/c1-13-10-16(28(34)35)4-7-19(13)25-22(31)26(20-8-5-17(29(36)37)11-14(20)2)24(33)27(23(25)32)21-9-6-18(30(38)39)12-15(21)3/h4-12H,1-3H3. The van der Waals surface area contributed by atoms with E-state index in [4.69, 9.17) is 0 Å². The first-order valence-electron chi connectivity index (χ1n) is 11.1. The van der Waals surface area contributed by atoms with Gasteiger partial charge in [0, 0.05) is 36.4 Å². The quantitative estimate of drug-likeness (QED) is 0.264. The second-order valence-electron chi connectivity index (χ2n) is 8.54. The van der Waals surface area contributed by atoms with E-state index in [0.717, 1.165) is 36.4 Å². The minimum absolute atomic E-state index is 0.0581. The maximum absolute atomic E-state index is 13.7. The van der Waals surface area contributed by atoms with Gasteiger partial charge in [0.2, 0.25) is 0 Å². The van der Waals surface area contributed by atoms with Gasteiger partial charge in [0.15, 0.2) is 0 Å². The molecule has 0 radical (unpaired) electrons. The van der Waals surface area contributed by atoms with Gasteiger partial charge >= 0.3 is 17.1 Å². The topological polar surface area (TPSA) is 195 Å². The number of benzene rings is 3. The molecule has 0 fully saturated rings. The molecule has 15 nitrogen and oxygen atoms in total. The van der Waals surface area contributed by atoms with Crippen LogP contribution in [-0.4, -0.2) is 28.5 Å². The number of aromatic nitrogens is 3. The molecule has 0 amide bonds. The Hall–Kier alpha value is -5.73. The number of nitro benzene ring substituents is 3. The summed E-state index contributed by atoms with van der Waals surface area (Å²) < 4.78 is 1.92. The molecule has 198 valence electrons. The summed E-state index contributed by atoms with van der Waals surface area (Å²) in [5.41, 5.74) is -3.95. The van der Waals surface area contributed by atoms with Crippen molar-refractivity contribution in [2.24, 2.45) is 0 Å². The number of nitro groups is 3. The molecule has 0 bridgehead atoms. The van der Waals surface area contributed by atoms with Gasteiger partial charge in [-0.2, -0.15) is 0 Å². The van der Waals surface area contributed by atoms with Gasteiger partial charge in [-0.1, -0.05) is 0 Å². The van der Waals surface area contributed by atoms with E-state index >= 15 is 0 Å². The summed E-state index contributed by atoms with van der Waals surface area (Å²) in [6.07, 6.45) is 0. The zero-order valence-electron chi connectivity index (χ0n) is 20.6. The van der Waals surface area contributed by atoms with Crippen LogP contribution in [-0.2, 0) is 0 Å². The summed E-state index contributed by atoms with van der Waals surface area (Å²) in [5.74, 6) is 0. The van der Waals surface area contributed by atoms with E-state index in [0.29, 0.717) is 13.7 Å². The van der Waals surface area contributed by atoms with Crippen molar-refractivity contribution < 1.29 is 14.8 Å². The van der Waals surface area contributed by atoms with Crippen LogP contribution in [0.3, 0.4) is 0 Å². The third-order valence-corrected chi connectivity index (χ3v) is 6.04. The fourth-order valence-electron chi connectivity index (χ4n) is 4.18. The molecule has 39 heavy (non-hydrogen) atoms. The molecule has 0 atom stereocenters. The van der Waals surface area contributed by atoms with E-state index in [2.05, 4.69) is 0 Å². The van der Waals surface area contributed by atoms with Crippen LogP contribution in [0.4, 0.5) is 17.1 Å². The number of hydrogen-bond acceptors (Lipinski definition) is 9. The molecule has 0 aliphatic rings. The highest BCUT2D eigenvalue weighted by atomic mass is 16.6. The molecule has 0 aliphatic heterocycles. The number of rotatable bonds is 6. The summed E-state index contributed by atoms with van der Waals surface area (Å²) >= 11 is 0. The lowest BCUT2D eigenvalue weighted by Crippen LogP contribution is -2.53. The van der Waals surface area contributed by atoms with Crippen LogP contribution in [0.5, 0.6) is 0 Å². The fraction of sp³-hybridized carbons (Fsp3) is 0.125. The molecule has 4 aromatic rings.